The van der Waals surface area contributed by atoms with Gasteiger partial charge in [-0.05, 0) is 24.6 Å². The highest BCUT2D eigenvalue weighted by Crippen LogP contribution is 2.29. The Morgan fingerprint density at radius 2 is 2.29 bits per heavy atom. The van der Waals surface area contributed by atoms with E-state index in [1.165, 1.54) is 6.07 Å². The minimum Gasteiger partial charge on any atom is -0.480 e. The normalized spacial score (nSPS) is 9.93. The predicted octanol–water partition coefficient (Wildman–Crippen LogP) is 2.25. The van der Waals surface area contributed by atoms with Crippen LogP contribution in [-0.4, -0.2) is 17.7 Å². The van der Waals surface area contributed by atoms with Crippen molar-refractivity contribution in [3.63, 3.8) is 0 Å². The molecule has 0 fully saturated rings. The molecule has 0 aliphatic carbocycles. The van der Waals surface area contributed by atoms with E-state index in [1.807, 2.05) is 0 Å². The molecule has 1 rings (SSSR count). The van der Waals surface area contributed by atoms with Crippen LogP contribution in [0.2, 0.25) is 5.02 Å². The average Bonchev–Trinajstić information content (AvgIpc) is 2.01. The van der Waals surface area contributed by atoms with Crippen molar-refractivity contribution in [3.8, 4) is 5.75 Å². The molecule has 1 aromatic rings. The van der Waals surface area contributed by atoms with Gasteiger partial charge >= 0.3 is 5.97 Å². The Labute approximate surface area is 85.1 Å². The molecule has 0 aromatic heterocycles. The SMILES string of the molecule is Cc1cc(F)cc(Cl)c1OCC(=O)O. The molecule has 0 atom stereocenters. The van der Waals surface area contributed by atoms with Crippen LogP contribution in [0.4, 0.5) is 4.39 Å². The Balaban J connectivity index is 2.91. The van der Waals surface area contributed by atoms with Crippen LogP contribution in [-0.2, 0) is 4.79 Å². The highest BCUT2D eigenvalue weighted by molar-refractivity contribution is 6.32. The monoisotopic (exact) mass is 218 g/mol. The maximum absolute atomic E-state index is 12.8. The standard InChI is InChI=1S/C9H8ClFO3/c1-5-2-6(11)3-7(10)9(5)14-4-8(12)13/h2-3H,4H2,1H3,(H,12,13). The minimum atomic E-state index is -1.11. The van der Waals surface area contributed by atoms with Crippen molar-refractivity contribution < 1.29 is 19.0 Å². The van der Waals surface area contributed by atoms with Gasteiger partial charge in [-0.25, -0.2) is 9.18 Å². The summed E-state index contributed by atoms with van der Waals surface area (Å²) < 4.78 is 17.6. The molecule has 1 aromatic carbocycles. The molecule has 5 heteroatoms. The predicted molar refractivity (Wildman–Crippen MR) is 49.3 cm³/mol. The molecule has 0 heterocycles. The number of carbonyl (C=O) groups is 1. The Kier molecular flexibility index (Phi) is 3.30. The van der Waals surface area contributed by atoms with Gasteiger partial charge in [0.1, 0.15) is 11.6 Å². The highest BCUT2D eigenvalue weighted by Gasteiger charge is 2.09. The summed E-state index contributed by atoms with van der Waals surface area (Å²) in [5.74, 6) is -1.38. The fraction of sp³-hybridized carbons (Fsp3) is 0.222. The first kappa shape index (κ1) is 10.8. The zero-order valence-corrected chi connectivity index (χ0v) is 8.14. The first-order valence-electron chi connectivity index (χ1n) is 3.81. The van der Waals surface area contributed by atoms with Crippen LogP contribution >= 0.6 is 11.6 Å². The lowest BCUT2D eigenvalue weighted by Gasteiger charge is -2.08. The third kappa shape index (κ3) is 2.60. The van der Waals surface area contributed by atoms with Crippen molar-refractivity contribution in [1.82, 2.24) is 0 Å². The fourth-order valence-electron chi connectivity index (χ4n) is 1.01. The topological polar surface area (TPSA) is 46.5 Å². The summed E-state index contributed by atoms with van der Waals surface area (Å²) in [5, 5.41) is 8.44. The van der Waals surface area contributed by atoms with Crippen LogP contribution in [0.1, 0.15) is 5.56 Å². The highest BCUT2D eigenvalue weighted by atomic mass is 35.5. The Bertz CT molecular complexity index is 342. The number of hydrogen-bond donors (Lipinski definition) is 1. The van der Waals surface area contributed by atoms with Crippen molar-refractivity contribution >= 4 is 17.6 Å². The summed E-state index contributed by atoms with van der Waals surface area (Å²) in [4.78, 5) is 10.2. The smallest absolute Gasteiger partial charge is 0.341 e. The number of hydrogen-bond acceptors (Lipinski definition) is 2. The van der Waals surface area contributed by atoms with Crippen molar-refractivity contribution in [3.05, 3.63) is 28.5 Å². The zero-order chi connectivity index (χ0) is 10.7. The summed E-state index contributed by atoms with van der Waals surface area (Å²) in [6.07, 6.45) is 0. The lowest BCUT2D eigenvalue weighted by atomic mass is 10.2. The molecule has 0 aliphatic heterocycles. The number of carboxylic acids is 1. The van der Waals surface area contributed by atoms with Gasteiger partial charge in [0.25, 0.3) is 0 Å². The Morgan fingerprint density at radius 1 is 1.64 bits per heavy atom. The van der Waals surface area contributed by atoms with Crippen LogP contribution in [0.5, 0.6) is 5.75 Å². The van der Waals surface area contributed by atoms with Crippen molar-refractivity contribution in [2.45, 2.75) is 6.92 Å². The molecule has 0 saturated carbocycles. The number of benzene rings is 1. The van der Waals surface area contributed by atoms with E-state index in [-0.39, 0.29) is 10.8 Å². The number of aryl methyl sites for hydroxylation is 1. The van der Waals surface area contributed by atoms with E-state index in [4.69, 9.17) is 21.4 Å². The molecule has 0 aliphatic rings. The van der Waals surface area contributed by atoms with E-state index in [0.29, 0.717) is 5.56 Å². The largest absolute Gasteiger partial charge is 0.480 e. The maximum Gasteiger partial charge on any atom is 0.341 e. The number of ether oxygens (including phenoxy) is 1. The number of aliphatic carboxylic acids is 1. The van der Waals surface area contributed by atoms with Gasteiger partial charge in [-0.2, -0.15) is 0 Å². The van der Waals surface area contributed by atoms with Crippen LogP contribution in [0.15, 0.2) is 12.1 Å². The molecule has 0 saturated heterocycles. The van der Waals surface area contributed by atoms with Gasteiger partial charge in [0, 0.05) is 0 Å². The third-order valence-electron chi connectivity index (χ3n) is 1.53. The van der Waals surface area contributed by atoms with Gasteiger partial charge in [-0.1, -0.05) is 11.6 Å². The molecule has 1 N–H and O–H groups in total. The van der Waals surface area contributed by atoms with E-state index in [2.05, 4.69) is 0 Å². The second-order valence-electron chi connectivity index (χ2n) is 2.72. The molecule has 0 unspecified atom stereocenters. The average molecular weight is 219 g/mol. The number of rotatable bonds is 3. The van der Waals surface area contributed by atoms with E-state index in [1.54, 1.807) is 6.92 Å². The summed E-state index contributed by atoms with van der Waals surface area (Å²) in [6.45, 7) is 1.10. The van der Waals surface area contributed by atoms with Crippen molar-refractivity contribution in [1.29, 1.82) is 0 Å². The fourth-order valence-corrected chi connectivity index (χ4v) is 1.31. The van der Waals surface area contributed by atoms with Gasteiger partial charge in [0.2, 0.25) is 0 Å². The van der Waals surface area contributed by atoms with Gasteiger partial charge in [-0.15, -0.1) is 0 Å². The van der Waals surface area contributed by atoms with Gasteiger partial charge < -0.3 is 9.84 Å². The van der Waals surface area contributed by atoms with E-state index < -0.39 is 18.4 Å². The van der Waals surface area contributed by atoms with Gasteiger partial charge in [0.05, 0.1) is 5.02 Å². The van der Waals surface area contributed by atoms with Crippen LogP contribution in [0, 0.1) is 12.7 Å². The molecule has 3 nitrogen and oxygen atoms in total. The minimum absolute atomic E-state index is 0.0729. The second-order valence-corrected chi connectivity index (χ2v) is 3.12. The second kappa shape index (κ2) is 4.28. The lowest BCUT2D eigenvalue weighted by Crippen LogP contribution is -2.10. The molecule has 0 radical (unpaired) electrons. The van der Waals surface area contributed by atoms with Gasteiger partial charge in [0.15, 0.2) is 6.61 Å². The third-order valence-corrected chi connectivity index (χ3v) is 1.81. The molecule has 0 bridgehead atoms. The number of carboxylic acid groups (broad SMARTS) is 1. The first-order valence-corrected chi connectivity index (χ1v) is 4.18. The van der Waals surface area contributed by atoms with Crippen molar-refractivity contribution in [2.75, 3.05) is 6.61 Å². The summed E-state index contributed by atoms with van der Waals surface area (Å²) in [6, 6.07) is 2.30. The summed E-state index contributed by atoms with van der Waals surface area (Å²) in [5.41, 5.74) is 0.469. The number of halogens is 2. The molecule has 0 amide bonds. The molecule has 76 valence electrons. The summed E-state index contributed by atoms with van der Waals surface area (Å²) >= 11 is 5.66. The Hall–Kier alpha value is -1.29. The van der Waals surface area contributed by atoms with E-state index >= 15 is 0 Å². The van der Waals surface area contributed by atoms with E-state index in [0.717, 1.165) is 6.07 Å². The molecular weight excluding hydrogens is 211 g/mol. The van der Waals surface area contributed by atoms with E-state index in [9.17, 15) is 9.18 Å². The Morgan fingerprint density at radius 3 is 2.79 bits per heavy atom. The maximum atomic E-state index is 12.8. The summed E-state index contributed by atoms with van der Waals surface area (Å²) in [7, 11) is 0. The first-order chi connectivity index (χ1) is 6.50. The van der Waals surface area contributed by atoms with Crippen LogP contribution in [0.3, 0.4) is 0 Å². The van der Waals surface area contributed by atoms with Crippen LogP contribution < -0.4 is 4.74 Å². The molecule has 0 spiro atoms. The van der Waals surface area contributed by atoms with Crippen molar-refractivity contribution in [2.24, 2.45) is 0 Å². The zero-order valence-electron chi connectivity index (χ0n) is 7.38. The molecular formula is C9H8ClFO3. The van der Waals surface area contributed by atoms with Gasteiger partial charge in [-0.3, -0.25) is 0 Å². The lowest BCUT2D eigenvalue weighted by molar-refractivity contribution is -0.139. The van der Waals surface area contributed by atoms with Crippen LogP contribution in [0.25, 0.3) is 0 Å². The molecule has 14 heavy (non-hydrogen) atoms. The quantitative estimate of drug-likeness (QED) is 0.847.